The number of nitro groups is 2. The van der Waals surface area contributed by atoms with Crippen LogP contribution in [0.1, 0.15) is 15.9 Å². The van der Waals surface area contributed by atoms with Gasteiger partial charge < -0.3 is 4.74 Å². The van der Waals surface area contributed by atoms with Crippen LogP contribution in [-0.2, 0) is 0 Å². The van der Waals surface area contributed by atoms with E-state index in [1.54, 1.807) is 30.3 Å². The fourth-order valence-corrected chi connectivity index (χ4v) is 3.94. The molecule has 11 heteroatoms. The zero-order chi connectivity index (χ0) is 28.1. The highest BCUT2D eigenvalue weighted by Gasteiger charge is 2.21. The number of nitrogens with zero attached hydrogens (tertiary/aromatic N) is 4. The van der Waals surface area contributed by atoms with Crippen molar-refractivity contribution in [2.45, 2.75) is 0 Å². The fraction of sp³-hybridized carbons (Fsp3) is 0. The third-order valence-electron chi connectivity index (χ3n) is 5.87. The van der Waals surface area contributed by atoms with Gasteiger partial charge in [0.25, 0.3) is 11.6 Å². The summed E-state index contributed by atoms with van der Waals surface area (Å²) in [7, 11) is 0. The summed E-state index contributed by atoms with van der Waals surface area (Å²) < 4.78 is 5.57. The van der Waals surface area contributed by atoms with E-state index in [0.29, 0.717) is 27.7 Å². The Labute approximate surface area is 226 Å². The molecular formula is C29H19N5O6. The fourth-order valence-electron chi connectivity index (χ4n) is 3.94. The second kappa shape index (κ2) is 11.2. The van der Waals surface area contributed by atoms with Crippen LogP contribution in [0.3, 0.4) is 0 Å². The van der Waals surface area contributed by atoms with Gasteiger partial charge in [-0.3, -0.25) is 25.0 Å². The lowest BCUT2D eigenvalue weighted by molar-refractivity contribution is -0.394. The van der Waals surface area contributed by atoms with E-state index in [9.17, 15) is 25.0 Å². The molecule has 40 heavy (non-hydrogen) atoms. The van der Waals surface area contributed by atoms with Gasteiger partial charge in [0.15, 0.2) is 0 Å². The number of aromatic nitrogens is 1. The molecule has 0 unspecified atom stereocenters. The normalized spacial score (nSPS) is 10.9. The van der Waals surface area contributed by atoms with Crippen molar-refractivity contribution in [2.75, 3.05) is 0 Å². The first kappa shape index (κ1) is 25.7. The van der Waals surface area contributed by atoms with Gasteiger partial charge in [-0.25, -0.2) is 10.4 Å². The van der Waals surface area contributed by atoms with Crippen LogP contribution in [0.4, 0.5) is 11.4 Å². The first-order valence-electron chi connectivity index (χ1n) is 11.9. The molecular weight excluding hydrogens is 514 g/mol. The van der Waals surface area contributed by atoms with Gasteiger partial charge in [-0.05, 0) is 48.0 Å². The molecule has 1 aromatic heterocycles. The molecule has 0 fully saturated rings. The molecule has 0 atom stereocenters. The average Bonchev–Trinajstić information content (AvgIpc) is 2.97. The Morgan fingerprint density at radius 2 is 1.57 bits per heavy atom. The Morgan fingerprint density at radius 3 is 2.30 bits per heavy atom. The highest BCUT2D eigenvalue weighted by Crippen LogP contribution is 2.34. The van der Waals surface area contributed by atoms with Crippen LogP contribution in [0, 0.1) is 20.2 Å². The molecule has 196 valence electrons. The molecule has 11 nitrogen and oxygen atoms in total. The van der Waals surface area contributed by atoms with E-state index in [4.69, 9.17) is 4.74 Å². The molecule has 5 rings (SSSR count). The van der Waals surface area contributed by atoms with Crippen LogP contribution < -0.4 is 10.2 Å². The van der Waals surface area contributed by atoms with Crippen LogP contribution in [0.2, 0.25) is 0 Å². The topological polar surface area (TPSA) is 150 Å². The Kier molecular flexibility index (Phi) is 7.18. The summed E-state index contributed by atoms with van der Waals surface area (Å²) in [4.78, 5) is 38.5. The van der Waals surface area contributed by atoms with E-state index in [-0.39, 0.29) is 11.5 Å². The predicted molar refractivity (Wildman–Crippen MR) is 149 cm³/mol. The van der Waals surface area contributed by atoms with E-state index < -0.39 is 27.1 Å². The molecule has 0 saturated heterocycles. The van der Waals surface area contributed by atoms with Crippen LogP contribution in [0.15, 0.2) is 108 Å². The van der Waals surface area contributed by atoms with Gasteiger partial charge in [-0.2, -0.15) is 5.10 Å². The number of nitrogens with one attached hydrogen (secondary N) is 1. The molecule has 1 amide bonds. The number of amides is 1. The van der Waals surface area contributed by atoms with Crippen LogP contribution in [-0.4, -0.2) is 27.0 Å². The lowest BCUT2D eigenvalue weighted by Gasteiger charge is -2.09. The largest absolute Gasteiger partial charge is 0.450 e. The molecule has 0 aliphatic heterocycles. The van der Waals surface area contributed by atoms with Crippen molar-refractivity contribution in [1.82, 2.24) is 10.4 Å². The number of para-hydroxylation sites is 1. The predicted octanol–water partition coefficient (Wildman–Crippen LogP) is 6.27. The minimum Gasteiger partial charge on any atom is -0.450 e. The smallest absolute Gasteiger partial charge is 0.318 e. The Hall–Kier alpha value is -5.97. The number of pyridine rings is 1. The standard InChI is InChI=1S/C29H19N5O6/c35-29(24-17-26(20-6-2-1-3-7-20)31-25-9-5-4-8-23(24)25)32-30-18-19-10-13-22(14-11-19)40-28-15-12-21(33(36)37)16-27(28)34(38)39/h1-18H,(H,32,35)/b30-18+. The number of hydrazone groups is 1. The number of nitro benzene ring substituents is 2. The molecule has 0 spiro atoms. The summed E-state index contributed by atoms with van der Waals surface area (Å²) in [6.07, 6.45) is 1.44. The summed E-state index contributed by atoms with van der Waals surface area (Å²) in [6.45, 7) is 0. The molecule has 0 aliphatic rings. The van der Waals surface area contributed by atoms with Gasteiger partial charge in [0.1, 0.15) is 5.75 Å². The van der Waals surface area contributed by atoms with Gasteiger partial charge in [0.05, 0.1) is 38.9 Å². The number of carbonyl (C=O) groups is 1. The number of non-ortho nitro benzene ring substituents is 1. The number of benzene rings is 4. The zero-order valence-electron chi connectivity index (χ0n) is 20.6. The third kappa shape index (κ3) is 5.63. The lowest BCUT2D eigenvalue weighted by atomic mass is 10.0. The summed E-state index contributed by atoms with van der Waals surface area (Å²) in [5.41, 5.74) is 4.88. The molecule has 0 aliphatic carbocycles. The lowest BCUT2D eigenvalue weighted by Crippen LogP contribution is -2.18. The van der Waals surface area contributed by atoms with E-state index in [0.717, 1.165) is 17.7 Å². The Balaban J connectivity index is 1.31. The van der Waals surface area contributed by atoms with Gasteiger partial charge in [0, 0.05) is 17.0 Å². The molecule has 0 radical (unpaired) electrons. The summed E-state index contributed by atoms with van der Waals surface area (Å²) in [5, 5.41) is 27.0. The van der Waals surface area contributed by atoms with Gasteiger partial charge >= 0.3 is 5.69 Å². The minimum absolute atomic E-state index is 0.135. The van der Waals surface area contributed by atoms with E-state index >= 15 is 0 Å². The van der Waals surface area contributed by atoms with Crippen molar-refractivity contribution >= 4 is 34.4 Å². The van der Waals surface area contributed by atoms with Gasteiger partial charge in [0.2, 0.25) is 5.75 Å². The van der Waals surface area contributed by atoms with Crippen molar-refractivity contribution in [3.8, 4) is 22.8 Å². The second-order valence-corrected chi connectivity index (χ2v) is 8.47. The molecule has 5 aromatic rings. The van der Waals surface area contributed by atoms with Crippen molar-refractivity contribution < 1.29 is 19.4 Å². The highest BCUT2D eigenvalue weighted by atomic mass is 16.6. The second-order valence-electron chi connectivity index (χ2n) is 8.47. The number of ether oxygens (including phenoxy) is 1. The maximum absolute atomic E-state index is 13.1. The Bertz CT molecular complexity index is 1770. The zero-order valence-corrected chi connectivity index (χ0v) is 20.6. The average molecular weight is 534 g/mol. The molecule has 0 saturated carbocycles. The van der Waals surface area contributed by atoms with E-state index in [1.165, 1.54) is 12.3 Å². The maximum atomic E-state index is 13.1. The highest BCUT2D eigenvalue weighted by molar-refractivity contribution is 6.07. The molecule has 4 aromatic carbocycles. The molecule has 0 bridgehead atoms. The maximum Gasteiger partial charge on any atom is 0.318 e. The molecule has 1 heterocycles. The minimum atomic E-state index is -0.749. The summed E-state index contributed by atoms with van der Waals surface area (Å²) >= 11 is 0. The number of hydrogen-bond donors (Lipinski definition) is 1. The van der Waals surface area contributed by atoms with Crippen molar-refractivity contribution in [3.63, 3.8) is 0 Å². The van der Waals surface area contributed by atoms with E-state index in [2.05, 4.69) is 15.5 Å². The first-order chi connectivity index (χ1) is 19.4. The van der Waals surface area contributed by atoms with Crippen molar-refractivity contribution in [3.05, 3.63) is 134 Å². The quantitative estimate of drug-likeness (QED) is 0.140. The van der Waals surface area contributed by atoms with Crippen LogP contribution >= 0.6 is 0 Å². The SMILES string of the molecule is O=C(N/N=C/c1ccc(Oc2ccc([N+](=O)[O-])cc2[N+](=O)[O-])cc1)c1cc(-c2ccccc2)nc2ccccc12. The van der Waals surface area contributed by atoms with Gasteiger partial charge in [-0.1, -0.05) is 48.5 Å². The third-order valence-corrected chi connectivity index (χ3v) is 5.87. The number of hydrogen-bond acceptors (Lipinski definition) is 8. The van der Waals surface area contributed by atoms with Crippen molar-refractivity contribution in [1.29, 1.82) is 0 Å². The monoisotopic (exact) mass is 533 g/mol. The first-order valence-corrected chi connectivity index (χ1v) is 11.9. The van der Waals surface area contributed by atoms with E-state index in [1.807, 2.05) is 54.6 Å². The number of carbonyl (C=O) groups excluding carboxylic acids is 1. The number of fused-ring (bicyclic) bond motifs is 1. The Morgan fingerprint density at radius 1 is 0.850 bits per heavy atom. The summed E-state index contributed by atoms with van der Waals surface area (Å²) in [5.74, 6) is -0.268. The summed E-state index contributed by atoms with van der Waals surface area (Å²) in [6, 6.07) is 28.2. The van der Waals surface area contributed by atoms with Gasteiger partial charge in [-0.15, -0.1) is 0 Å². The number of rotatable bonds is 8. The van der Waals surface area contributed by atoms with Crippen LogP contribution in [0.5, 0.6) is 11.5 Å². The molecule has 1 N–H and O–H groups in total. The van der Waals surface area contributed by atoms with Crippen LogP contribution in [0.25, 0.3) is 22.2 Å². The van der Waals surface area contributed by atoms with Crippen molar-refractivity contribution in [2.24, 2.45) is 5.10 Å².